The molecule has 1 aromatic carbocycles. The fraction of sp³-hybridized carbons (Fsp3) is 0.143. The predicted octanol–water partition coefficient (Wildman–Crippen LogP) is 4.61. The van der Waals surface area contributed by atoms with Crippen LogP contribution >= 0.6 is 22.9 Å². The number of nitrogens with one attached hydrogen (secondary N) is 1. The van der Waals surface area contributed by atoms with Crippen molar-refractivity contribution in [3.05, 3.63) is 58.0 Å². The summed E-state index contributed by atoms with van der Waals surface area (Å²) in [6.45, 7) is 0.327. The maximum atomic E-state index is 12.9. The molecule has 9 heteroatoms. The summed E-state index contributed by atoms with van der Waals surface area (Å²) in [5, 5.41) is 3.01. The van der Waals surface area contributed by atoms with Gasteiger partial charge in [-0.05, 0) is 18.2 Å². The summed E-state index contributed by atoms with van der Waals surface area (Å²) in [4.78, 5) is 8.65. The largest absolute Gasteiger partial charge is 0.416 e. The van der Waals surface area contributed by atoms with E-state index in [4.69, 9.17) is 11.6 Å². The Hall–Kier alpha value is -2.06. The average Bonchev–Trinajstić information content (AvgIpc) is 3.15. The van der Waals surface area contributed by atoms with Crippen molar-refractivity contribution in [1.29, 1.82) is 0 Å². The Morgan fingerprint density at radius 2 is 2.13 bits per heavy atom. The van der Waals surface area contributed by atoms with E-state index in [1.54, 1.807) is 23.2 Å². The quantitative estimate of drug-likeness (QED) is 0.740. The third kappa shape index (κ3) is 3.65. The molecule has 0 aliphatic carbocycles. The lowest BCUT2D eigenvalue weighted by atomic mass is 10.1. The van der Waals surface area contributed by atoms with Crippen LogP contribution in [0.1, 0.15) is 10.4 Å². The Kier molecular flexibility index (Phi) is 4.27. The van der Waals surface area contributed by atoms with Gasteiger partial charge in [0.2, 0.25) is 0 Å². The van der Waals surface area contributed by atoms with Crippen LogP contribution in [0.5, 0.6) is 0 Å². The SMILES string of the molecule is FC(F)(F)c1ccc(-n2ccnc2)c(NCc2cnc(Cl)s2)c1. The molecule has 1 N–H and O–H groups in total. The molecule has 0 unspecified atom stereocenters. The van der Waals surface area contributed by atoms with Crippen molar-refractivity contribution in [1.82, 2.24) is 14.5 Å². The van der Waals surface area contributed by atoms with E-state index in [9.17, 15) is 13.2 Å². The molecular weight excluding hydrogens is 349 g/mol. The van der Waals surface area contributed by atoms with E-state index >= 15 is 0 Å². The minimum Gasteiger partial charge on any atom is -0.378 e. The number of halogens is 4. The smallest absolute Gasteiger partial charge is 0.378 e. The lowest BCUT2D eigenvalue weighted by molar-refractivity contribution is -0.137. The molecule has 2 aromatic heterocycles. The standard InChI is InChI=1S/C14H10ClF3N4S/c15-13-21-7-10(23-13)6-20-11-5-9(14(16,17)18)1-2-12(11)22-4-3-19-8-22/h1-5,7-8,20H,6H2. The first-order valence-corrected chi connectivity index (χ1v) is 7.66. The third-order valence-corrected chi connectivity index (χ3v) is 4.20. The van der Waals surface area contributed by atoms with Gasteiger partial charge in [-0.3, -0.25) is 0 Å². The second-order valence-corrected chi connectivity index (χ2v) is 6.33. The van der Waals surface area contributed by atoms with Crippen LogP contribution in [0, 0.1) is 0 Å². The molecule has 2 heterocycles. The molecule has 0 aliphatic rings. The van der Waals surface area contributed by atoms with Crippen LogP contribution in [0.4, 0.5) is 18.9 Å². The Morgan fingerprint density at radius 1 is 1.30 bits per heavy atom. The highest BCUT2D eigenvalue weighted by molar-refractivity contribution is 7.15. The lowest BCUT2D eigenvalue weighted by Crippen LogP contribution is -2.09. The van der Waals surface area contributed by atoms with E-state index in [2.05, 4.69) is 15.3 Å². The van der Waals surface area contributed by atoms with Crippen molar-refractivity contribution in [2.24, 2.45) is 0 Å². The van der Waals surface area contributed by atoms with Gasteiger partial charge in [0, 0.05) is 23.5 Å². The number of nitrogens with zero attached hydrogens (tertiary/aromatic N) is 3. The van der Waals surface area contributed by atoms with Gasteiger partial charge in [-0.2, -0.15) is 13.2 Å². The van der Waals surface area contributed by atoms with E-state index in [1.807, 2.05) is 0 Å². The summed E-state index contributed by atoms with van der Waals surface area (Å²) in [5.74, 6) is 0. The Labute approximate surface area is 138 Å². The molecular formula is C14H10ClF3N4S. The molecule has 23 heavy (non-hydrogen) atoms. The van der Waals surface area contributed by atoms with Crippen LogP contribution in [-0.4, -0.2) is 14.5 Å². The number of hydrogen-bond donors (Lipinski definition) is 1. The van der Waals surface area contributed by atoms with E-state index in [-0.39, 0.29) is 0 Å². The minimum absolute atomic E-state index is 0.327. The molecule has 4 nitrogen and oxygen atoms in total. The molecule has 0 amide bonds. The molecule has 120 valence electrons. The van der Waals surface area contributed by atoms with E-state index < -0.39 is 11.7 Å². The first-order chi connectivity index (χ1) is 10.9. The molecule has 3 aromatic rings. The Bertz CT molecular complexity index is 799. The summed E-state index contributed by atoms with van der Waals surface area (Å²) in [6, 6.07) is 3.54. The maximum absolute atomic E-state index is 12.9. The van der Waals surface area contributed by atoms with Gasteiger partial charge in [0.05, 0.1) is 29.8 Å². The summed E-state index contributed by atoms with van der Waals surface area (Å²) in [5.41, 5.74) is 0.208. The zero-order valence-corrected chi connectivity index (χ0v) is 13.1. The highest BCUT2D eigenvalue weighted by Gasteiger charge is 2.31. The normalized spacial score (nSPS) is 11.7. The third-order valence-electron chi connectivity index (χ3n) is 3.08. The first-order valence-electron chi connectivity index (χ1n) is 6.47. The van der Waals surface area contributed by atoms with Gasteiger partial charge < -0.3 is 9.88 Å². The lowest BCUT2D eigenvalue weighted by Gasteiger charge is -2.15. The number of rotatable bonds is 4. The molecule has 0 saturated heterocycles. The first kappa shape index (κ1) is 15.8. The van der Waals surface area contributed by atoms with Gasteiger partial charge in [0.25, 0.3) is 0 Å². The zero-order chi connectivity index (χ0) is 16.4. The van der Waals surface area contributed by atoms with Crippen molar-refractivity contribution in [2.45, 2.75) is 12.7 Å². The summed E-state index contributed by atoms with van der Waals surface area (Å²) in [7, 11) is 0. The van der Waals surface area contributed by atoms with Gasteiger partial charge in [-0.1, -0.05) is 11.6 Å². The molecule has 0 aliphatic heterocycles. The van der Waals surface area contributed by atoms with Gasteiger partial charge >= 0.3 is 6.18 Å². The molecule has 0 saturated carbocycles. The number of imidazole rings is 1. The molecule has 3 rings (SSSR count). The van der Waals surface area contributed by atoms with Crippen molar-refractivity contribution in [3.8, 4) is 5.69 Å². The monoisotopic (exact) mass is 358 g/mol. The number of thiazole rings is 1. The molecule has 0 atom stereocenters. The summed E-state index contributed by atoms with van der Waals surface area (Å²) < 4.78 is 40.8. The fourth-order valence-electron chi connectivity index (χ4n) is 2.03. The maximum Gasteiger partial charge on any atom is 0.416 e. The number of benzene rings is 1. The van der Waals surface area contributed by atoms with Gasteiger partial charge in [-0.15, -0.1) is 11.3 Å². The second-order valence-electron chi connectivity index (χ2n) is 4.63. The number of aromatic nitrogens is 3. The topological polar surface area (TPSA) is 42.7 Å². The highest BCUT2D eigenvalue weighted by Crippen LogP contribution is 2.33. The average molecular weight is 359 g/mol. The summed E-state index contributed by atoms with van der Waals surface area (Å²) >= 11 is 7.03. The molecule has 0 spiro atoms. The van der Waals surface area contributed by atoms with Crippen molar-refractivity contribution in [2.75, 3.05) is 5.32 Å². The van der Waals surface area contributed by atoms with Gasteiger partial charge in [0.1, 0.15) is 0 Å². The number of alkyl halides is 3. The van der Waals surface area contributed by atoms with Crippen molar-refractivity contribution >= 4 is 28.6 Å². The van der Waals surface area contributed by atoms with Crippen LogP contribution < -0.4 is 5.32 Å². The highest BCUT2D eigenvalue weighted by atomic mass is 35.5. The zero-order valence-electron chi connectivity index (χ0n) is 11.5. The van der Waals surface area contributed by atoms with E-state index in [0.29, 0.717) is 22.4 Å². The Balaban J connectivity index is 1.93. The minimum atomic E-state index is -4.41. The Morgan fingerprint density at radius 3 is 2.74 bits per heavy atom. The molecule has 0 fully saturated rings. The van der Waals surface area contributed by atoms with Crippen molar-refractivity contribution < 1.29 is 13.2 Å². The second kappa shape index (κ2) is 6.21. The van der Waals surface area contributed by atoms with Crippen LogP contribution in [0.3, 0.4) is 0 Å². The molecule has 0 bridgehead atoms. The van der Waals surface area contributed by atoms with Crippen LogP contribution in [-0.2, 0) is 12.7 Å². The van der Waals surface area contributed by atoms with Gasteiger partial charge in [0.15, 0.2) is 4.47 Å². The number of hydrogen-bond acceptors (Lipinski definition) is 4. The van der Waals surface area contributed by atoms with Gasteiger partial charge in [-0.25, -0.2) is 9.97 Å². The van der Waals surface area contributed by atoms with Crippen LogP contribution in [0.15, 0.2) is 43.1 Å². The van der Waals surface area contributed by atoms with Crippen LogP contribution in [0.25, 0.3) is 5.69 Å². The molecule has 0 radical (unpaired) electrons. The fourth-order valence-corrected chi connectivity index (χ4v) is 2.95. The van der Waals surface area contributed by atoms with E-state index in [0.717, 1.165) is 17.0 Å². The summed E-state index contributed by atoms with van der Waals surface area (Å²) in [6.07, 6.45) is 1.93. The number of anilines is 1. The predicted molar refractivity (Wildman–Crippen MR) is 83.0 cm³/mol. The van der Waals surface area contributed by atoms with E-state index in [1.165, 1.54) is 23.7 Å². The van der Waals surface area contributed by atoms with Crippen LogP contribution in [0.2, 0.25) is 4.47 Å². The van der Waals surface area contributed by atoms with Crippen molar-refractivity contribution in [3.63, 3.8) is 0 Å².